The van der Waals surface area contributed by atoms with E-state index >= 15 is 0 Å². The van der Waals surface area contributed by atoms with Gasteiger partial charge >= 0.3 is 0 Å². The fourth-order valence-electron chi connectivity index (χ4n) is 6.67. The number of carbonyl (C=O) groups excluding carboxylic acids is 2. The maximum atomic E-state index is 12.7. The van der Waals surface area contributed by atoms with Gasteiger partial charge in [-0.1, -0.05) is 0 Å². The van der Waals surface area contributed by atoms with Crippen LogP contribution in [0.5, 0.6) is 0 Å². The van der Waals surface area contributed by atoms with Crippen molar-refractivity contribution in [3.05, 3.63) is 11.1 Å². The molecule has 5 nitrogen and oxygen atoms in total. The Kier molecular flexibility index (Phi) is 4.30. The summed E-state index contributed by atoms with van der Waals surface area (Å²) in [6.45, 7) is 2.97. The Morgan fingerprint density at radius 2 is 1.96 bits per heavy atom. The molecule has 0 radical (unpaired) electrons. The average Bonchev–Trinajstić information content (AvgIpc) is 3.22. The van der Waals surface area contributed by atoms with Crippen molar-refractivity contribution in [3.63, 3.8) is 0 Å². The minimum Gasteiger partial charge on any atom is -0.353 e. The highest BCUT2D eigenvalue weighted by atomic mass is 32.1. The largest absolute Gasteiger partial charge is 0.353 e. The van der Waals surface area contributed by atoms with E-state index in [2.05, 4.69) is 17.2 Å². The fourth-order valence-corrected chi connectivity index (χ4v) is 7.54. The molecule has 1 atom stereocenters. The third kappa shape index (κ3) is 3.20. The second kappa shape index (κ2) is 6.57. The maximum absolute atomic E-state index is 12.7. The molecule has 0 aromatic carbocycles. The van der Waals surface area contributed by atoms with Gasteiger partial charge in [-0.25, -0.2) is 4.98 Å². The Balaban J connectivity index is 1.21. The zero-order valence-electron chi connectivity index (χ0n) is 16.1. The van der Waals surface area contributed by atoms with Crippen LogP contribution in [0.2, 0.25) is 0 Å². The predicted molar refractivity (Wildman–Crippen MR) is 106 cm³/mol. The summed E-state index contributed by atoms with van der Waals surface area (Å²) < 4.78 is 0. The van der Waals surface area contributed by atoms with Crippen molar-refractivity contribution < 1.29 is 9.59 Å². The Hall–Kier alpha value is -1.43. The quantitative estimate of drug-likeness (QED) is 0.841. The molecule has 5 aliphatic rings. The predicted octanol–water partition coefficient (Wildman–Crippen LogP) is 3.53. The molecule has 1 aromatic heterocycles. The number of amides is 2. The SMILES string of the molecule is C[C@H](NC(=O)Cc1csc(N2CCCC2=O)n1)C12CC3CC(CC(C3)C1)C2. The molecule has 2 heterocycles. The third-order valence-electron chi connectivity index (χ3n) is 7.57. The minimum atomic E-state index is 0.0721. The van der Waals surface area contributed by atoms with Crippen LogP contribution < -0.4 is 10.2 Å². The van der Waals surface area contributed by atoms with Crippen molar-refractivity contribution in [1.29, 1.82) is 0 Å². The van der Waals surface area contributed by atoms with Crippen molar-refractivity contribution in [2.75, 3.05) is 11.4 Å². The van der Waals surface area contributed by atoms with E-state index in [9.17, 15) is 9.59 Å². The molecule has 6 rings (SSSR count). The normalized spacial score (nSPS) is 35.7. The molecule has 27 heavy (non-hydrogen) atoms. The molecule has 4 aliphatic carbocycles. The first kappa shape index (κ1) is 17.7. The van der Waals surface area contributed by atoms with Crippen LogP contribution in [0, 0.1) is 23.2 Å². The number of rotatable bonds is 5. The van der Waals surface area contributed by atoms with Crippen LogP contribution in [0.25, 0.3) is 0 Å². The van der Waals surface area contributed by atoms with Gasteiger partial charge in [-0.3, -0.25) is 14.5 Å². The van der Waals surface area contributed by atoms with Crippen molar-refractivity contribution in [1.82, 2.24) is 10.3 Å². The fraction of sp³-hybridized carbons (Fsp3) is 0.762. The lowest BCUT2D eigenvalue weighted by molar-refractivity contribution is -0.125. The summed E-state index contributed by atoms with van der Waals surface area (Å²) in [5, 5.41) is 5.99. The Bertz CT molecular complexity index is 723. The minimum absolute atomic E-state index is 0.0721. The molecular weight excluding hydrogens is 358 g/mol. The molecule has 1 saturated heterocycles. The monoisotopic (exact) mass is 387 g/mol. The molecule has 1 N–H and O–H groups in total. The van der Waals surface area contributed by atoms with Crippen LogP contribution >= 0.6 is 11.3 Å². The van der Waals surface area contributed by atoms with E-state index in [1.165, 1.54) is 49.9 Å². The van der Waals surface area contributed by atoms with Crippen LogP contribution in [-0.2, 0) is 16.0 Å². The molecular formula is C21H29N3O2S. The highest BCUT2D eigenvalue weighted by Crippen LogP contribution is 2.61. The van der Waals surface area contributed by atoms with Crippen molar-refractivity contribution in [2.24, 2.45) is 23.2 Å². The molecule has 4 saturated carbocycles. The Labute approximate surface area is 164 Å². The molecule has 4 bridgehead atoms. The second-order valence-corrected chi connectivity index (χ2v) is 10.4. The molecule has 0 unspecified atom stereocenters. The van der Waals surface area contributed by atoms with Crippen molar-refractivity contribution in [2.45, 2.75) is 70.8 Å². The summed E-state index contributed by atoms with van der Waals surface area (Å²) in [6.07, 6.45) is 10.0. The summed E-state index contributed by atoms with van der Waals surface area (Å²) in [5.74, 6) is 2.91. The molecule has 2 amide bonds. The summed E-state index contributed by atoms with van der Waals surface area (Å²) in [4.78, 5) is 30.9. The van der Waals surface area contributed by atoms with Gasteiger partial charge in [0, 0.05) is 24.4 Å². The highest BCUT2D eigenvalue weighted by Gasteiger charge is 2.53. The molecule has 146 valence electrons. The molecule has 5 fully saturated rings. The van der Waals surface area contributed by atoms with Crippen LogP contribution in [0.3, 0.4) is 0 Å². The van der Waals surface area contributed by atoms with Crippen LogP contribution in [0.1, 0.15) is 64.0 Å². The summed E-state index contributed by atoms with van der Waals surface area (Å²) in [6, 6.07) is 0.247. The lowest BCUT2D eigenvalue weighted by Crippen LogP contribution is -2.56. The number of hydrogen-bond donors (Lipinski definition) is 1. The second-order valence-electron chi connectivity index (χ2n) is 9.52. The van der Waals surface area contributed by atoms with E-state index in [-0.39, 0.29) is 17.9 Å². The smallest absolute Gasteiger partial charge is 0.228 e. The lowest BCUT2D eigenvalue weighted by Gasteiger charge is -2.59. The number of carbonyl (C=O) groups is 2. The number of aromatic nitrogens is 1. The maximum Gasteiger partial charge on any atom is 0.228 e. The van der Waals surface area contributed by atoms with E-state index in [0.717, 1.165) is 41.5 Å². The number of hydrogen-bond acceptors (Lipinski definition) is 4. The highest BCUT2D eigenvalue weighted by molar-refractivity contribution is 7.14. The number of anilines is 1. The van der Waals surface area contributed by atoms with Gasteiger partial charge in [-0.05, 0) is 75.0 Å². The third-order valence-corrected chi connectivity index (χ3v) is 8.48. The number of thiazole rings is 1. The molecule has 6 heteroatoms. The van der Waals surface area contributed by atoms with Gasteiger partial charge in [-0.2, -0.15) is 0 Å². The zero-order chi connectivity index (χ0) is 18.6. The summed E-state index contributed by atoms with van der Waals surface area (Å²) in [5.41, 5.74) is 1.12. The Morgan fingerprint density at radius 3 is 2.56 bits per heavy atom. The van der Waals surface area contributed by atoms with Gasteiger partial charge < -0.3 is 5.32 Å². The van der Waals surface area contributed by atoms with E-state index in [0.29, 0.717) is 18.3 Å². The lowest BCUT2D eigenvalue weighted by atomic mass is 9.48. The first-order valence-electron chi connectivity index (χ1n) is 10.5. The van der Waals surface area contributed by atoms with E-state index in [1.807, 2.05) is 5.38 Å². The Morgan fingerprint density at radius 1 is 1.30 bits per heavy atom. The van der Waals surface area contributed by atoms with Crippen LogP contribution in [0.4, 0.5) is 5.13 Å². The average molecular weight is 388 g/mol. The number of nitrogens with zero attached hydrogens (tertiary/aromatic N) is 2. The van der Waals surface area contributed by atoms with Crippen LogP contribution in [0.15, 0.2) is 5.38 Å². The van der Waals surface area contributed by atoms with E-state index in [4.69, 9.17) is 0 Å². The summed E-state index contributed by atoms with van der Waals surface area (Å²) >= 11 is 1.47. The first-order chi connectivity index (χ1) is 13.0. The summed E-state index contributed by atoms with van der Waals surface area (Å²) in [7, 11) is 0. The van der Waals surface area contributed by atoms with Gasteiger partial charge in [0.2, 0.25) is 11.8 Å². The first-order valence-corrected chi connectivity index (χ1v) is 11.4. The molecule has 1 aromatic rings. The molecule has 0 spiro atoms. The van der Waals surface area contributed by atoms with Crippen molar-refractivity contribution in [3.8, 4) is 0 Å². The zero-order valence-corrected chi connectivity index (χ0v) is 16.9. The topological polar surface area (TPSA) is 62.3 Å². The number of nitrogens with one attached hydrogen (secondary N) is 1. The van der Waals surface area contributed by atoms with Gasteiger partial charge in [0.05, 0.1) is 12.1 Å². The van der Waals surface area contributed by atoms with Crippen LogP contribution in [-0.4, -0.2) is 29.4 Å². The van der Waals surface area contributed by atoms with Gasteiger partial charge in [-0.15, -0.1) is 11.3 Å². The molecule has 1 aliphatic heterocycles. The van der Waals surface area contributed by atoms with E-state index < -0.39 is 0 Å². The van der Waals surface area contributed by atoms with Gasteiger partial charge in [0.1, 0.15) is 0 Å². The van der Waals surface area contributed by atoms with Crippen molar-refractivity contribution >= 4 is 28.3 Å². The van der Waals surface area contributed by atoms with E-state index in [1.54, 1.807) is 4.90 Å². The van der Waals surface area contributed by atoms with Gasteiger partial charge in [0.15, 0.2) is 5.13 Å². The standard InChI is InChI=1S/C21H29N3O2S/c1-13(21-9-14-5-15(10-21)7-16(6-14)11-21)22-18(25)8-17-12-27-20(23-17)24-4-2-3-19(24)26/h12-16H,2-11H2,1H3,(H,22,25)/t13-,14?,15?,16?,21?/m0/s1. The van der Waals surface area contributed by atoms with Gasteiger partial charge in [0.25, 0.3) is 0 Å².